The van der Waals surface area contributed by atoms with Gasteiger partial charge >= 0.3 is 5.97 Å². The van der Waals surface area contributed by atoms with Crippen LogP contribution in [-0.4, -0.2) is 45.5 Å². The monoisotopic (exact) mass is 309 g/mol. The van der Waals surface area contributed by atoms with Crippen molar-refractivity contribution in [2.24, 2.45) is 5.92 Å². The minimum atomic E-state index is -3.53. The molecular formula is C13H27NO5S. The average molecular weight is 309 g/mol. The lowest BCUT2D eigenvalue weighted by Gasteiger charge is -2.26. The summed E-state index contributed by atoms with van der Waals surface area (Å²) in [4.78, 5) is 12.0. The molecule has 0 aromatic rings. The van der Waals surface area contributed by atoms with E-state index in [1.807, 2.05) is 0 Å². The molecule has 0 aliphatic carbocycles. The summed E-state index contributed by atoms with van der Waals surface area (Å²) >= 11 is 0. The summed E-state index contributed by atoms with van der Waals surface area (Å²) in [6, 6.07) is -0.873. The summed E-state index contributed by atoms with van der Waals surface area (Å²) < 4.78 is 36.3. The fourth-order valence-corrected chi connectivity index (χ4v) is 2.84. The zero-order chi connectivity index (χ0) is 16.0. The van der Waals surface area contributed by atoms with Crippen LogP contribution in [0.3, 0.4) is 0 Å². The molecule has 120 valence electrons. The number of hydrogen-bond donors (Lipinski definition) is 1. The molecule has 1 N–H and O–H groups in total. The zero-order valence-corrected chi connectivity index (χ0v) is 14.0. The van der Waals surface area contributed by atoms with Crippen LogP contribution in [0, 0.1) is 5.92 Å². The summed E-state index contributed by atoms with van der Waals surface area (Å²) in [5, 5.41) is 0. The molecule has 0 bridgehead atoms. The van der Waals surface area contributed by atoms with Crippen molar-refractivity contribution in [2.45, 2.75) is 52.7 Å². The van der Waals surface area contributed by atoms with Gasteiger partial charge in [0.05, 0.1) is 5.75 Å². The second-order valence-corrected chi connectivity index (χ2v) is 7.91. The zero-order valence-electron chi connectivity index (χ0n) is 13.2. The van der Waals surface area contributed by atoms with Gasteiger partial charge in [0.25, 0.3) is 0 Å². The number of carbonyl (C=O) groups excluding carboxylic acids is 1. The predicted molar refractivity (Wildman–Crippen MR) is 77.9 cm³/mol. The molecule has 0 spiro atoms. The molecular weight excluding hydrogens is 282 g/mol. The van der Waals surface area contributed by atoms with Gasteiger partial charge in [-0.15, -0.1) is 0 Å². The van der Waals surface area contributed by atoms with Crippen molar-refractivity contribution >= 4 is 16.0 Å². The van der Waals surface area contributed by atoms with E-state index in [1.54, 1.807) is 34.6 Å². The predicted octanol–water partition coefficient (Wildman–Crippen LogP) is 1.31. The van der Waals surface area contributed by atoms with Gasteiger partial charge in [-0.05, 0) is 33.1 Å². The van der Waals surface area contributed by atoms with Gasteiger partial charge in [0, 0.05) is 13.7 Å². The Balaban J connectivity index is 4.74. The van der Waals surface area contributed by atoms with Gasteiger partial charge < -0.3 is 9.47 Å². The first-order valence-corrected chi connectivity index (χ1v) is 8.35. The first-order valence-electron chi connectivity index (χ1n) is 6.70. The number of carbonyl (C=O) groups is 1. The van der Waals surface area contributed by atoms with Gasteiger partial charge in [-0.2, -0.15) is 0 Å². The van der Waals surface area contributed by atoms with Gasteiger partial charge in [0.1, 0.15) is 11.6 Å². The first-order chi connectivity index (χ1) is 8.98. The van der Waals surface area contributed by atoms with E-state index in [0.29, 0.717) is 13.0 Å². The van der Waals surface area contributed by atoms with Crippen molar-refractivity contribution in [1.29, 1.82) is 0 Å². The topological polar surface area (TPSA) is 81.7 Å². The van der Waals surface area contributed by atoms with E-state index < -0.39 is 27.6 Å². The van der Waals surface area contributed by atoms with Gasteiger partial charge in [-0.25, -0.2) is 13.1 Å². The minimum absolute atomic E-state index is 0.0765. The Morgan fingerprint density at radius 2 is 1.80 bits per heavy atom. The van der Waals surface area contributed by atoms with Crippen molar-refractivity contribution in [1.82, 2.24) is 4.72 Å². The molecule has 6 nitrogen and oxygen atoms in total. The number of esters is 1. The summed E-state index contributed by atoms with van der Waals surface area (Å²) in [6.07, 6.45) is 0.380. The Morgan fingerprint density at radius 3 is 2.20 bits per heavy atom. The van der Waals surface area contributed by atoms with E-state index in [2.05, 4.69) is 4.72 Å². The van der Waals surface area contributed by atoms with E-state index in [-0.39, 0.29) is 11.7 Å². The van der Waals surface area contributed by atoms with Crippen LogP contribution in [0.15, 0.2) is 0 Å². The van der Waals surface area contributed by atoms with Gasteiger partial charge in [0.2, 0.25) is 10.0 Å². The maximum Gasteiger partial charge on any atom is 0.324 e. The molecule has 0 heterocycles. The lowest BCUT2D eigenvalue weighted by Crippen LogP contribution is -2.47. The number of rotatable bonds is 8. The maximum absolute atomic E-state index is 12.0. The lowest BCUT2D eigenvalue weighted by atomic mass is 10.1. The largest absolute Gasteiger partial charge is 0.459 e. The Bertz CT molecular complexity index is 397. The van der Waals surface area contributed by atoms with Gasteiger partial charge in [-0.1, -0.05) is 13.8 Å². The molecule has 0 saturated carbocycles. The Morgan fingerprint density at radius 1 is 1.25 bits per heavy atom. The second-order valence-electron chi connectivity index (χ2n) is 6.04. The molecule has 0 unspecified atom stereocenters. The molecule has 0 rings (SSSR count). The third-order valence-corrected chi connectivity index (χ3v) is 3.83. The van der Waals surface area contributed by atoms with Crippen molar-refractivity contribution < 1.29 is 22.7 Å². The second kappa shape index (κ2) is 7.95. The minimum Gasteiger partial charge on any atom is -0.459 e. The normalized spacial score (nSPS) is 14.3. The Kier molecular flexibility index (Phi) is 7.69. The van der Waals surface area contributed by atoms with E-state index in [0.717, 1.165) is 0 Å². The number of methoxy groups -OCH3 is 1. The highest BCUT2D eigenvalue weighted by molar-refractivity contribution is 7.89. The first kappa shape index (κ1) is 19.3. The van der Waals surface area contributed by atoms with E-state index in [4.69, 9.17) is 9.47 Å². The highest BCUT2D eigenvalue weighted by Crippen LogP contribution is 2.13. The van der Waals surface area contributed by atoms with Crippen molar-refractivity contribution in [3.8, 4) is 0 Å². The van der Waals surface area contributed by atoms with Crippen molar-refractivity contribution in [3.63, 3.8) is 0 Å². The summed E-state index contributed by atoms with van der Waals surface area (Å²) in [5.41, 5.74) is -0.647. The molecule has 0 saturated heterocycles. The average Bonchev–Trinajstić information content (AvgIpc) is 2.23. The molecule has 0 aliphatic heterocycles. The number of sulfonamides is 1. The molecule has 0 aromatic carbocycles. The maximum atomic E-state index is 12.0. The van der Waals surface area contributed by atoms with Crippen LogP contribution < -0.4 is 4.72 Å². The number of hydrogen-bond acceptors (Lipinski definition) is 5. The third-order valence-electron chi connectivity index (χ3n) is 2.40. The van der Waals surface area contributed by atoms with Crippen LogP contribution in [0.1, 0.15) is 41.0 Å². The van der Waals surface area contributed by atoms with Crippen LogP contribution >= 0.6 is 0 Å². The highest BCUT2D eigenvalue weighted by Gasteiger charge is 2.31. The molecule has 0 radical (unpaired) electrons. The van der Waals surface area contributed by atoms with Crippen LogP contribution in [0.4, 0.5) is 0 Å². The summed E-state index contributed by atoms with van der Waals surface area (Å²) in [6.45, 7) is 9.14. The Hall–Kier alpha value is -0.660. The quantitative estimate of drug-likeness (QED) is 0.540. The van der Waals surface area contributed by atoms with Crippen LogP contribution in [0.5, 0.6) is 0 Å². The van der Waals surface area contributed by atoms with Crippen molar-refractivity contribution in [3.05, 3.63) is 0 Å². The standard InChI is InChI=1S/C13H27NO5S/c1-10(2)11(12(15)19-13(3,4)5)14-20(16,17)9-7-8-18-6/h10-11,14H,7-9H2,1-6H3/t11-/m0/s1. The number of nitrogens with one attached hydrogen (secondary N) is 1. The Labute approximate surface area is 122 Å². The van der Waals surface area contributed by atoms with Gasteiger partial charge in [0.15, 0.2) is 0 Å². The van der Waals surface area contributed by atoms with E-state index in [1.165, 1.54) is 7.11 Å². The fourth-order valence-electron chi connectivity index (χ4n) is 1.47. The lowest BCUT2D eigenvalue weighted by molar-refractivity contribution is -0.158. The van der Waals surface area contributed by atoms with Crippen LogP contribution in [0.2, 0.25) is 0 Å². The molecule has 0 fully saturated rings. The van der Waals surface area contributed by atoms with E-state index in [9.17, 15) is 13.2 Å². The third kappa shape index (κ3) is 8.50. The van der Waals surface area contributed by atoms with E-state index >= 15 is 0 Å². The van der Waals surface area contributed by atoms with Gasteiger partial charge in [-0.3, -0.25) is 4.79 Å². The highest BCUT2D eigenvalue weighted by atomic mass is 32.2. The van der Waals surface area contributed by atoms with Crippen molar-refractivity contribution in [2.75, 3.05) is 19.5 Å². The smallest absolute Gasteiger partial charge is 0.324 e. The van der Waals surface area contributed by atoms with Crippen LogP contribution in [0.25, 0.3) is 0 Å². The fraction of sp³-hybridized carbons (Fsp3) is 0.923. The SMILES string of the molecule is COCCCS(=O)(=O)N[C@H](C(=O)OC(C)(C)C)C(C)C. The molecule has 0 aromatic heterocycles. The summed E-state index contributed by atoms with van der Waals surface area (Å²) in [7, 11) is -2.02. The summed E-state index contributed by atoms with van der Waals surface area (Å²) in [5.74, 6) is -0.822. The van der Waals surface area contributed by atoms with Crippen LogP contribution in [-0.2, 0) is 24.3 Å². The molecule has 0 aliphatic rings. The molecule has 1 atom stereocenters. The molecule has 20 heavy (non-hydrogen) atoms. The number of ether oxygens (including phenoxy) is 2. The molecule has 7 heteroatoms. The molecule has 0 amide bonds.